The molecule has 0 bridgehead atoms. The maximum Gasteiger partial charge on any atom is 0.416 e. The second-order valence-corrected chi connectivity index (χ2v) is 6.85. The first-order valence-corrected chi connectivity index (χ1v) is 9.32. The van der Waals surface area contributed by atoms with Crippen LogP contribution in [0, 0.1) is 0 Å². The van der Waals surface area contributed by atoms with Gasteiger partial charge in [0.15, 0.2) is 11.5 Å². The summed E-state index contributed by atoms with van der Waals surface area (Å²) in [6, 6.07) is 10.1. The van der Waals surface area contributed by atoms with Crippen LogP contribution in [0.3, 0.4) is 0 Å². The first-order chi connectivity index (χ1) is 13.8. The highest BCUT2D eigenvalue weighted by molar-refractivity contribution is 7.13. The minimum atomic E-state index is -4.43. The van der Waals surface area contributed by atoms with Crippen LogP contribution in [0.2, 0.25) is 0 Å². The molecule has 1 amide bonds. The standard InChI is InChI=1S/C20H17F3N2O3S/c1-27-16-7-6-13(9-17(16)28-2)19-25-15(11-29-19)18(26)24-10-12-4-3-5-14(8-12)20(21,22)23/h3-9,11H,10H2,1-2H3,(H,24,26). The number of aromatic nitrogens is 1. The Morgan fingerprint density at radius 3 is 2.55 bits per heavy atom. The lowest BCUT2D eigenvalue weighted by Crippen LogP contribution is -2.23. The number of alkyl halides is 3. The molecule has 3 rings (SSSR count). The molecular formula is C20H17F3N2O3S. The fraction of sp³-hybridized carbons (Fsp3) is 0.200. The summed E-state index contributed by atoms with van der Waals surface area (Å²) in [5, 5.41) is 4.79. The van der Waals surface area contributed by atoms with Crippen LogP contribution in [0.1, 0.15) is 21.6 Å². The molecule has 0 atom stereocenters. The number of ether oxygens (including phenoxy) is 2. The highest BCUT2D eigenvalue weighted by Gasteiger charge is 2.30. The van der Waals surface area contributed by atoms with Gasteiger partial charge in [-0.2, -0.15) is 13.2 Å². The van der Waals surface area contributed by atoms with Crippen molar-refractivity contribution < 1.29 is 27.4 Å². The summed E-state index contributed by atoms with van der Waals surface area (Å²) in [7, 11) is 3.06. The SMILES string of the molecule is COc1ccc(-c2nc(C(=O)NCc3cccc(C(F)(F)F)c3)cs2)cc1OC. The van der Waals surface area contributed by atoms with E-state index < -0.39 is 17.6 Å². The Morgan fingerprint density at radius 2 is 1.86 bits per heavy atom. The second kappa shape index (κ2) is 8.52. The molecule has 0 spiro atoms. The van der Waals surface area contributed by atoms with Crippen molar-refractivity contribution in [3.8, 4) is 22.1 Å². The molecule has 152 valence electrons. The summed E-state index contributed by atoms with van der Waals surface area (Å²) >= 11 is 1.27. The highest BCUT2D eigenvalue weighted by atomic mass is 32.1. The topological polar surface area (TPSA) is 60.5 Å². The van der Waals surface area contributed by atoms with Gasteiger partial charge in [0.05, 0.1) is 19.8 Å². The molecule has 1 N–H and O–H groups in total. The molecular weight excluding hydrogens is 405 g/mol. The minimum Gasteiger partial charge on any atom is -0.493 e. The lowest BCUT2D eigenvalue weighted by molar-refractivity contribution is -0.137. The van der Waals surface area contributed by atoms with Gasteiger partial charge in [-0.05, 0) is 35.9 Å². The van der Waals surface area contributed by atoms with E-state index in [9.17, 15) is 18.0 Å². The molecule has 1 aromatic heterocycles. The number of carbonyl (C=O) groups excluding carboxylic acids is 1. The van der Waals surface area contributed by atoms with E-state index >= 15 is 0 Å². The van der Waals surface area contributed by atoms with Crippen molar-refractivity contribution in [2.24, 2.45) is 0 Å². The van der Waals surface area contributed by atoms with E-state index in [1.807, 2.05) is 0 Å². The molecule has 3 aromatic rings. The van der Waals surface area contributed by atoms with Crippen LogP contribution in [-0.2, 0) is 12.7 Å². The Hall–Kier alpha value is -3.07. The van der Waals surface area contributed by atoms with Gasteiger partial charge >= 0.3 is 6.18 Å². The van der Waals surface area contributed by atoms with Gasteiger partial charge in [-0.25, -0.2) is 4.98 Å². The molecule has 0 unspecified atom stereocenters. The number of halogens is 3. The van der Waals surface area contributed by atoms with Gasteiger partial charge in [-0.1, -0.05) is 12.1 Å². The van der Waals surface area contributed by atoms with Crippen molar-refractivity contribution in [2.75, 3.05) is 14.2 Å². The van der Waals surface area contributed by atoms with Gasteiger partial charge in [0.25, 0.3) is 5.91 Å². The van der Waals surface area contributed by atoms with Crippen LogP contribution in [0.4, 0.5) is 13.2 Å². The third-order valence-electron chi connectivity index (χ3n) is 4.07. The molecule has 9 heteroatoms. The number of methoxy groups -OCH3 is 2. The van der Waals surface area contributed by atoms with Crippen LogP contribution in [0.5, 0.6) is 11.5 Å². The van der Waals surface area contributed by atoms with Gasteiger partial charge in [0.2, 0.25) is 0 Å². The average molecular weight is 422 g/mol. The molecule has 0 aliphatic carbocycles. The lowest BCUT2D eigenvalue weighted by Gasteiger charge is -2.09. The number of carbonyl (C=O) groups is 1. The molecule has 0 aliphatic heterocycles. The first-order valence-electron chi connectivity index (χ1n) is 8.44. The van der Waals surface area contributed by atoms with E-state index in [0.29, 0.717) is 22.1 Å². The Labute approximate surface area is 169 Å². The zero-order chi connectivity index (χ0) is 21.0. The van der Waals surface area contributed by atoms with E-state index in [-0.39, 0.29) is 12.2 Å². The maximum absolute atomic E-state index is 12.8. The zero-order valence-electron chi connectivity index (χ0n) is 15.5. The number of amides is 1. The predicted octanol–water partition coefficient (Wildman–Crippen LogP) is 4.78. The molecule has 0 radical (unpaired) electrons. The van der Waals surface area contributed by atoms with Crippen LogP contribution >= 0.6 is 11.3 Å². The van der Waals surface area contributed by atoms with Crippen LogP contribution in [0.15, 0.2) is 47.8 Å². The maximum atomic E-state index is 12.8. The summed E-state index contributed by atoms with van der Waals surface area (Å²) in [5.41, 5.74) is 0.536. The van der Waals surface area contributed by atoms with Crippen LogP contribution in [0.25, 0.3) is 10.6 Å². The fourth-order valence-electron chi connectivity index (χ4n) is 2.61. The van der Waals surface area contributed by atoms with E-state index in [0.717, 1.165) is 17.7 Å². The molecule has 0 saturated heterocycles. The summed E-state index contributed by atoms with van der Waals surface area (Å²) in [6.45, 7) is -0.0357. The van der Waals surface area contributed by atoms with Crippen LogP contribution < -0.4 is 14.8 Å². The van der Waals surface area contributed by atoms with E-state index in [1.54, 1.807) is 23.6 Å². The first kappa shape index (κ1) is 20.7. The molecule has 1 heterocycles. The largest absolute Gasteiger partial charge is 0.493 e. The molecule has 29 heavy (non-hydrogen) atoms. The molecule has 5 nitrogen and oxygen atoms in total. The Morgan fingerprint density at radius 1 is 1.10 bits per heavy atom. The monoisotopic (exact) mass is 422 g/mol. The van der Waals surface area contributed by atoms with Gasteiger partial charge in [0.1, 0.15) is 10.7 Å². The van der Waals surface area contributed by atoms with E-state index in [4.69, 9.17) is 9.47 Å². The number of thiazole rings is 1. The minimum absolute atomic E-state index is 0.0357. The second-order valence-electron chi connectivity index (χ2n) is 5.99. The van der Waals surface area contributed by atoms with Crippen molar-refractivity contribution in [1.82, 2.24) is 10.3 Å². The zero-order valence-corrected chi connectivity index (χ0v) is 16.4. The van der Waals surface area contributed by atoms with E-state index in [1.165, 1.54) is 37.7 Å². The van der Waals surface area contributed by atoms with Crippen molar-refractivity contribution in [1.29, 1.82) is 0 Å². The fourth-order valence-corrected chi connectivity index (χ4v) is 3.41. The molecule has 0 fully saturated rings. The van der Waals surface area contributed by atoms with E-state index in [2.05, 4.69) is 10.3 Å². The summed E-state index contributed by atoms with van der Waals surface area (Å²) in [4.78, 5) is 16.6. The van der Waals surface area contributed by atoms with Crippen molar-refractivity contribution in [2.45, 2.75) is 12.7 Å². The van der Waals surface area contributed by atoms with Gasteiger partial charge in [-0.15, -0.1) is 11.3 Å². The number of nitrogens with one attached hydrogen (secondary N) is 1. The Kier molecular flexibility index (Phi) is 6.07. The van der Waals surface area contributed by atoms with Crippen LogP contribution in [-0.4, -0.2) is 25.1 Å². The summed E-state index contributed by atoms with van der Waals surface area (Å²) in [6.07, 6.45) is -4.43. The highest BCUT2D eigenvalue weighted by Crippen LogP contribution is 2.33. The third-order valence-corrected chi connectivity index (χ3v) is 4.97. The van der Waals surface area contributed by atoms with Gasteiger partial charge in [-0.3, -0.25) is 4.79 Å². The van der Waals surface area contributed by atoms with Gasteiger partial charge in [0, 0.05) is 17.5 Å². The predicted molar refractivity (Wildman–Crippen MR) is 103 cm³/mol. The number of nitrogens with zero attached hydrogens (tertiary/aromatic N) is 1. The van der Waals surface area contributed by atoms with Crippen molar-refractivity contribution in [3.63, 3.8) is 0 Å². The number of hydrogen-bond acceptors (Lipinski definition) is 5. The Balaban J connectivity index is 1.70. The smallest absolute Gasteiger partial charge is 0.416 e. The molecule has 0 saturated carbocycles. The number of benzene rings is 2. The molecule has 0 aliphatic rings. The van der Waals surface area contributed by atoms with Crippen molar-refractivity contribution >= 4 is 17.2 Å². The number of hydrogen-bond donors (Lipinski definition) is 1. The Bertz CT molecular complexity index is 1020. The summed E-state index contributed by atoms with van der Waals surface area (Å²) < 4.78 is 48.8. The average Bonchev–Trinajstić information content (AvgIpc) is 3.21. The molecule has 2 aromatic carbocycles. The quantitative estimate of drug-likeness (QED) is 0.621. The number of rotatable bonds is 6. The normalized spacial score (nSPS) is 11.2. The lowest BCUT2D eigenvalue weighted by atomic mass is 10.1. The summed E-state index contributed by atoms with van der Waals surface area (Å²) in [5.74, 6) is 0.646. The third kappa shape index (κ3) is 4.86. The van der Waals surface area contributed by atoms with Crippen molar-refractivity contribution in [3.05, 3.63) is 64.7 Å². The van der Waals surface area contributed by atoms with Gasteiger partial charge < -0.3 is 14.8 Å².